The van der Waals surface area contributed by atoms with E-state index in [0.717, 1.165) is 0 Å². The summed E-state index contributed by atoms with van der Waals surface area (Å²) in [6.45, 7) is 6.71. The second kappa shape index (κ2) is 6.61. The predicted molar refractivity (Wildman–Crippen MR) is 83.1 cm³/mol. The highest BCUT2D eigenvalue weighted by Crippen LogP contribution is 2.36. The molecule has 0 radical (unpaired) electrons. The summed E-state index contributed by atoms with van der Waals surface area (Å²) in [5.41, 5.74) is 0.0128. The number of nitrogens with zero attached hydrogens (tertiary/aromatic N) is 1. The summed E-state index contributed by atoms with van der Waals surface area (Å²) in [5, 5.41) is 11.0. The van der Waals surface area contributed by atoms with Gasteiger partial charge in [0.2, 0.25) is 5.75 Å². The van der Waals surface area contributed by atoms with Crippen molar-refractivity contribution in [2.24, 2.45) is 11.3 Å². The number of benzene rings is 1. The lowest BCUT2D eigenvalue weighted by Gasteiger charge is -2.29. The summed E-state index contributed by atoms with van der Waals surface area (Å²) < 4.78 is 6.26. The molecule has 0 fully saturated rings. The first-order chi connectivity index (χ1) is 8.77. The van der Waals surface area contributed by atoms with Crippen molar-refractivity contribution < 1.29 is 9.66 Å². The van der Waals surface area contributed by atoms with Gasteiger partial charge in [0, 0.05) is 12.0 Å². The Morgan fingerprint density at radius 3 is 2.58 bits per heavy atom. The molecule has 1 aromatic rings. The smallest absolute Gasteiger partial charge is 0.312 e. The van der Waals surface area contributed by atoms with Crippen molar-refractivity contribution in [1.29, 1.82) is 0 Å². The lowest BCUT2D eigenvalue weighted by atomic mass is 9.82. The zero-order chi connectivity index (χ0) is 14.6. The molecular formula is C13H18BrNO3S. The van der Waals surface area contributed by atoms with E-state index >= 15 is 0 Å². The Hall–Kier alpha value is -0.750. The molecule has 0 N–H and O–H groups in total. The van der Waals surface area contributed by atoms with E-state index in [1.165, 1.54) is 6.07 Å². The van der Waals surface area contributed by atoms with Crippen molar-refractivity contribution in [2.45, 2.75) is 20.8 Å². The average molecular weight is 348 g/mol. The van der Waals surface area contributed by atoms with E-state index in [0.29, 0.717) is 16.8 Å². The summed E-state index contributed by atoms with van der Waals surface area (Å²) in [7, 11) is 0. The minimum absolute atomic E-state index is 0.0267. The number of para-hydroxylation sites is 1. The Bertz CT molecular complexity index is 460. The van der Waals surface area contributed by atoms with Gasteiger partial charge in [-0.15, -0.1) is 0 Å². The van der Waals surface area contributed by atoms with Crippen LogP contribution in [0.2, 0.25) is 0 Å². The molecule has 6 heteroatoms. The van der Waals surface area contributed by atoms with Crippen LogP contribution >= 0.6 is 28.6 Å². The van der Waals surface area contributed by atoms with Crippen molar-refractivity contribution in [3.05, 3.63) is 32.8 Å². The molecule has 0 aliphatic rings. The second-order valence-corrected chi connectivity index (χ2v) is 6.62. The molecule has 1 atom stereocenters. The first-order valence-corrected chi connectivity index (χ1v) is 7.36. The van der Waals surface area contributed by atoms with Crippen molar-refractivity contribution >= 4 is 34.2 Å². The van der Waals surface area contributed by atoms with Gasteiger partial charge < -0.3 is 4.74 Å². The molecular weight excluding hydrogens is 330 g/mol. The molecule has 0 spiro atoms. The normalized spacial score (nSPS) is 13.1. The molecule has 0 aliphatic carbocycles. The van der Waals surface area contributed by atoms with E-state index in [1.807, 2.05) is 0 Å². The molecule has 0 bridgehead atoms. The maximum absolute atomic E-state index is 11.0. The Labute approximate surface area is 127 Å². The molecule has 0 aliphatic heterocycles. The number of hydrogen-bond acceptors (Lipinski definition) is 4. The van der Waals surface area contributed by atoms with Crippen LogP contribution < -0.4 is 4.74 Å². The number of halogens is 1. The molecule has 1 unspecified atom stereocenters. The second-order valence-electron chi connectivity index (χ2n) is 5.40. The third-order valence-electron chi connectivity index (χ3n) is 3.02. The van der Waals surface area contributed by atoms with Gasteiger partial charge in [-0.3, -0.25) is 10.1 Å². The van der Waals surface area contributed by atoms with Crippen molar-refractivity contribution in [1.82, 2.24) is 0 Å². The topological polar surface area (TPSA) is 52.4 Å². The predicted octanol–water partition coefficient (Wildman–Crippen LogP) is 4.33. The fourth-order valence-electron chi connectivity index (χ4n) is 1.54. The van der Waals surface area contributed by atoms with Crippen LogP contribution in [-0.4, -0.2) is 17.3 Å². The van der Waals surface area contributed by atoms with Crippen LogP contribution in [0, 0.1) is 21.4 Å². The summed E-state index contributed by atoms with van der Waals surface area (Å²) in [6.07, 6.45) is 0. The van der Waals surface area contributed by atoms with Gasteiger partial charge in [-0.2, -0.15) is 12.6 Å². The van der Waals surface area contributed by atoms with Gasteiger partial charge in [-0.05, 0) is 33.2 Å². The van der Waals surface area contributed by atoms with Gasteiger partial charge >= 0.3 is 5.69 Å². The molecule has 4 nitrogen and oxygen atoms in total. The van der Waals surface area contributed by atoms with Gasteiger partial charge in [0.25, 0.3) is 0 Å². The number of thiol groups is 1. The molecule has 0 saturated heterocycles. The number of rotatable bonds is 5. The fourth-order valence-corrected chi connectivity index (χ4v) is 2.67. The molecule has 106 valence electrons. The highest BCUT2D eigenvalue weighted by atomic mass is 79.9. The van der Waals surface area contributed by atoms with Crippen LogP contribution in [0.4, 0.5) is 5.69 Å². The number of nitro benzene ring substituents is 1. The number of hydrogen-bond donors (Lipinski definition) is 1. The van der Waals surface area contributed by atoms with Crippen LogP contribution in [0.5, 0.6) is 5.75 Å². The highest BCUT2D eigenvalue weighted by Gasteiger charge is 2.26. The highest BCUT2D eigenvalue weighted by molar-refractivity contribution is 9.10. The van der Waals surface area contributed by atoms with Crippen LogP contribution in [0.25, 0.3) is 0 Å². The SMILES string of the molecule is CC(C)(C)C(CS)COc1c(Br)cccc1[N+](=O)[O-]. The molecule has 0 amide bonds. The third kappa shape index (κ3) is 4.38. The van der Waals surface area contributed by atoms with Gasteiger partial charge in [-0.25, -0.2) is 0 Å². The van der Waals surface area contributed by atoms with Crippen molar-refractivity contribution in [3.8, 4) is 5.75 Å². The van der Waals surface area contributed by atoms with Gasteiger partial charge in [0.05, 0.1) is 16.0 Å². The Balaban J connectivity index is 2.91. The zero-order valence-electron chi connectivity index (χ0n) is 11.2. The van der Waals surface area contributed by atoms with Gasteiger partial charge in [0.15, 0.2) is 0 Å². The first kappa shape index (κ1) is 16.3. The van der Waals surface area contributed by atoms with E-state index in [2.05, 4.69) is 49.3 Å². The van der Waals surface area contributed by atoms with E-state index in [-0.39, 0.29) is 22.8 Å². The van der Waals surface area contributed by atoms with E-state index < -0.39 is 4.92 Å². The average Bonchev–Trinajstić information content (AvgIpc) is 2.29. The van der Waals surface area contributed by atoms with Crippen LogP contribution in [-0.2, 0) is 0 Å². The Morgan fingerprint density at radius 1 is 1.47 bits per heavy atom. The Morgan fingerprint density at radius 2 is 2.11 bits per heavy atom. The summed E-state index contributed by atoms with van der Waals surface area (Å²) in [5.74, 6) is 1.16. The molecule has 0 heterocycles. The van der Waals surface area contributed by atoms with Gasteiger partial charge in [-0.1, -0.05) is 26.8 Å². The van der Waals surface area contributed by atoms with E-state index in [9.17, 15) is 10.1 Å². The van der Waals surface area contributed by atoms with Crippen LogP contribution in [0.3, 0.4) is 0 Å². The summed E-state index contributed by atoms with van der Waals surface area (Å²) in [6, 6.07) is 4.79. The standard InChI is InChI=1S/C13H18BrNO3S/c1-13(2,3)9(8-19)7-18-12-10(14)5-4-6-11(12)15(16)17/h4-6,9,19H,7-8H2,1-3H3. The number of nitro groups is 1. The monoisotopic (exact) mass is 347 g/mol. The zero-order valence-corrected chi connectivity index (χ0v) is 13.7. The molecule has 0 aromatic heterocycles. The fraction of sp³-hybridized carbons (Fsp3) is 0.538. The lowest BCUT2D eigenvalue weighted by molar-refractivity contribution is -0.386. The van der Waals surface area contributed by atoms with Crippen molar-refractivity contribution in [3.63, 3.8) is 0 Å². The van der Waals surface area contributed by atoms with Crippen LogP contribution in [0.15, 0.2) is 22.7 Å². The first-order valence-electron chi connectivity index (χ1n) is 5.94. The van der Waals surface area contributed by atoms with E-state index in [4.69, 9.17) is 4.74 Å². The van der Waals surface area contributed by atoms with Crippen LogP contribution in [0.1, 0.15) is 20.8 Å². The maximum Gasteiger partial charge on any atom is 0.312 e. The molecule has 0 saturated carbocycles. The maximum atomic E-state index is 11.0. The van der Waals surface area contributed by atoms with Gasteiger partial charge in [0.1, 0.15) is 0 Å². The lowest BCUT2D eigenvalue weighted by Crippen LogP contribution is -2.28. The third-order valence-corrected chi connectivity index (χ3v) is 4.08. The summed E-state index contributed by atoms with van der Waals surface area (Å²) >= 11 is 7.61. The Kier molecular flexibility index (Phi) is 5.67. The molecule has 19 heavy (non-hydrogen) atoms. The quantitative estimate of drug-likeness (QED) is 0.490. The largest absolute Gasteiger partial charge is 0.486 e. The molecule has 1 aromatic carbocycles. The molecule has 1 rings (SSSR count). The summed E-state index contributed by atoms with van der Waals surface area (Å²) in [4.78, 5) is 10.5. The van der Waals surface area contributed by atoms with E-state index in [1.54, 1.807) is 12.1 Å². The van der Waals surface area contributed by atoms with Crippen molar-refractivity contribution in [2.75, 3.05) is 12.4 Å². The minimum Gasteiger partial charge on any atom is -0.486 e. The number of ether oxygens (including phenoxy) is 1. The minimum atomic E-state index is -0.438.